The second kappa shape index (κ2) is 10.6. The number of hydrogen-bond donors (Lipinski definition) is 0. The van der Waals surface area contributed by atoms with Gasteiger partial charge in [0.15, 0.2) is 0 Å². The smallest absolute Gasteiger partial charge is 0.0630 e. The van der Waals surface area contributed by atoms with E-state index in [1.807, 2.05) is 36.4 Å². The molecule has 0 fully saturated rings. The van der Waals surface area contributed by atoms with Gasteiger partial charge in [-0.15, -0.1) is 0 Å². The van der Waals surface area contributed by atoms with E-state index in [9.17, 15) is 11.0 Å². The molecule has 0 aliphatic heterocycles. The molecule has 1 aliphatic carbocycles. The third-order valence-electron chi connectivity index (χ3n) is 9.78. The van der Waals surface area contributed by atoms with Crippen molar-refractivity contribution in [2.45, 2.75) is 12.8 Å². The molecule has 0 heterocycles. The Balaban J connectivity index is 1.33. The van der Waals surface area contributed by atoms with Crippen LogP contribution < -0.4 is 0 Å². The fourth-order valence-electron chi connectivity index (χ4n) is 7.41. The molecule has 11 rings (SSSR count). The summed E-state index contributed by atoms with van der Waals surface area (Å²) in [6, 6.07) is 2.83. The highest BCUT2D eigenvalue weighted by molar-refractivity contribution is 6.27. The van der Waals surface area contributed by atoms with Gasteiger partial charge in [0.1, 0.15) is 0 Å². The van der Waals surface area contributed by atoms with Crippen molar-refractivity contribution in [2.75, 3.05) is 0 Å². The van der Waals surface area contributed by atoms with Gasteiger partial charge >= 0.3 is 0 Å². The Hall–Kier alpha value is -6.24. The quantitative estimate of drug-likeness (QED) is 0.166. The Morgan fingerprint density at radius 2 is 0.900 bits per heavy atom. The monoisotopic (exact) mass is 650 g/mol. The van der Waals surface area contributed by atoms with Gasteiger partial charge in [0, 0.05) is 0 Å². The van der Waals surface area contributed by atoms with Crippen molar-refractivity contribution in [2.24, 2.45) is 0 Å². The Bertz CT molecular complexity index is 3990. The maximum absolute atomic E-state index is 9.72. The Labute approximate surface area is 316 Å². The van der Waals surface area contributed by atoms with E-state index in [4.69, 9.17) is 13.7 Å². The molecule has 50 heavy (non-hydrogen) atoms. The lowest BCUT2D eigenvalue weighted by molar-refractivity contribution is 1.05. The zero-order valence-electron chi connectivity index (χ0n) is 44.2. The summed E-state index contributed by atoms with van der Waals surface area (Å²) < 4.78 is 164. The molecule has 0 atom stereocenters. The maximum Gasteiger partial charge on any atom is 0.0630 e. The standard InChI is InChI=1S/C50H32/c1-2-6-31(7-3-1)32-12-14-33(15-13-32)41-26-24-40(42-25-20-38-18-16-34-8-4-10-36-22-28-44(42)49(38)47(34)36)30-46(41)43-27-21-39-19-17-35-9-5-11-37-23-29-45(43)50(39)48(35)37/h1-2,4-6,8-30H,3,7H2/i4D,5D,8D,9D,10D,11D,16D,17D,18D,19D,20D,21D,22D,23D,25D,27D,28D,29D. The molecule has 0 aromatic heterocycles. The summed E-state index contributed by atoms with van der Waals surface area (Å²) in [6.45, 7) is 0. The molecule has 10 aromatic carbocycles. The number of rotatable bonds is 4. The van der Waals surface area contributed by atoms with Crippen LogP contribution in [0.1, 0.15) is 43.1 Å². The van der Waals surface area contributed by atoms with Crippen molar-refractivity contribution in [1.82, 2.24) is 0 Å². The molecule has 232 valence electrons. The summed E-state index contributed by atoms with van der Waals surface area (Å²) in [5.41, 5.74) is 3.26. The number of benzene rings is 10. The third-order valence-corrected chi connectivity index (χ3v) is 9.78. The van der Waals surface area contributed by atoms with Crippen molar-refractivity contribution < 1.29 is 24.7 Å². The first-order chi connectivity index (χ1) is 32.3. The molecule has 0 heteroatoms. The van der Waals surface area contributed by atoms with Crippen molar-refractivity contribution in [3.05, 3.63) is 175 Å². The molecule has 0 saturated heterocycles. The van der Waals surface area contributed by atoms with Crippen LogP contribution in [0.5, 0.6) is 0 Å². The molecule has 0 radical (unpaired) electrons. The number of allylic oxidation sites excluding steroid dienone is 4. The average Bonchev–Trinajstić information content (AvgIpc) is 3.33. The van der Waals surface area contributed by atoms with Crippen LogP contribution in [0.2, 0.25) is 0 Å². The molecule has 10 aromatic rings. The van der Waals surface area contributed by atoms with Gasteiger partial charge in [-0.25, -0.2) is 0 Å². The SMILES string of the molecule is [2H]c1c([2H])c2c([2H])c([2H])c3c([2H])c([2H])c(-c4ccc(-c5ccc(C6=CC=CCC6)cc5)c(-c5c([2H])c([2H])c6c([2H])c([2H])c7c([2H])c([2H])c([2H])c8c([2H])c([2H])c5c6c78)c4)c4c([2H])c([2H])c(c1[2H])c2c34. The molecule has 0 N–H and O–H groups in total. The van der Waals surface area contributed by atoms with Crippen LogP contribution in [0.15, 0.2) is 169 Å². The van der Waals surface area contributed by atoms with Gasteiger partial charge in [-0.2, -0.15) is 0 Å². The molecule has 1 aliphatic rings. The summed E-state index contributed by atoms with van der Waals surface area (Å²) in [5, 5.41) is -1.54. The molecular weight excluding hydrogens is 601 g/mol. The summed E-state index contributed by atoms with van der Waals surface area (Å²) in [6.07, 6.45) is 7.79. The van der Waals surface area contributed by atoms with Gasteiger partial charge in [-0.05, 0) is 128 Å². The van der Waals surface area contributed by atoms with E-state index >= 15 is 0 Å². The summed E-state index contributed by atoms with van der Waals surface area (Å²) in [4.78, 5) is 0. The molecule has 0 bridgehead atoms. The van der Waals surface area contributed by atoms with Crippen molar-refractivity contribution in [3.63, 3.8) is 0 Å². The van der Waals surface area contributed by atoms with E-state index < -0.39 is 109 Å². The first-order valence-electron chi connectivity index (χ1n) is 25.3. The van der Waals surface area contributed by atoms with Gasteiger partial charge in [-0.1, -0.05) is 163 Å². The van der Waals surface area contributed by atoms with Crippen molar-refractivity contribution in [3.8, 4) is 33.4 Å². The van der Waals surface area contributed by atoms with Crippen molar-refractivity contribution >= 4 is 70.2 Å². The first-order valence-corrected chi connectivity index (χ1v) is 16.3. The van der Waals surface area contributed by atoms with Crippen molar-refractivity contribution in [1.29, 1.82) is 0 Å². The van der Waals surface area contributed by atoms with Crippen LogP contribution in [0.25, 0.3) is 104 Å². The van der Waals surface area contributed by atoms with E-state index in [0.717, 1.165) is 24.0 Å². The minimum Gasteiger partial charge on any atom is -0.0842 e. The fourth-order valence-corrected chi connectivity index (χ4v) is 7.41. The Morgan fingerprint density at radius 3 is 1.50 bits per heavy atom. The third kappa shape index (κ3) is 4.06. The first kappa shape index (κ1) is 15.5. The van der Waals surface area contributed by atoms with Gasteiger partial charge in [0.05, 0.1) is 24.7 Å². The zero-order valence-corrected chi connectivity index (χ0v) is 26.2. The minimum atomic E-state index is -0.602. The predicted molar refractivity (Wildman–Crippen MR) is 217 cm³/mol. The summed E-state index contributed by atoms with van der Waals surface area (Å²) in [5.74, 6) is 0. The van der Waals surface area contributed by atoms with Crippen LogP contribution in [0, 0.1) is 0 Å². The van der Waals surface area contributed by atoms with Gasteiger partial charge in [0.2, 0.25) is 0 Å². The molecule has 0 unspecified atom stereocenters. The highest BCUT2D eigenvalue weighted by atomic mass is 14.2. The predicted octanol–water partition coefficient (Wildman–Crippen LogP) is 14.2. The molecule has 0 amide bonds. The van der Waals surface area contributed by atoms with E-state index in [-0.39, 0.29) is 86.9 Å². The lowest BCUT2D eigenvalue weighted by Gasteiger charge is -2.19. The normalized spacial score (nSPS) is 18.5. The number of hydrogen-bond acceptors (Lipinski definition) is 0. The highest BCUT2D eigenvalue weighted by Gasteiger charge is 2.18. The second-order valence-electron chi connectivity index (χ2n) is 12.5. The highest BCUT2D eigenvalue weighted by Crippen LogP contribution is 2.45. The lowest BCUT2D eigenvalue weighted by Crippen LogP contribution is -1.93. The van der Waals surface area contributed by atoms with Gasteiger partial charge < -0.3 is 0 Å². The maximum atomic E-state index is 9.72. The van der Waals surface area contributed by atoms with E-state index in [1.165, 1.54) is 0 Å². The Morgan fingerprint density at radius 1 is 0.400 bits per heavy atom. The lowest BCUT2D eigenvalue weighted by atomic mass is 9.84. The topological polar surface area (TPSA) is 0 Å². The molecular formula is C50H32. The summed E-state index contributed by atoms with van der Waals surface area (Å²) >= 11 is 0. The van der Waals surface area contributed by atoms with E-state index in [1.54, 1.807) is 18.2 Å². The van der Waals surface area contributed by atoms with E-state index in [2.05, 4.69) is 6.08 Å². The fraction of sp³-hybridized carbons (Fsp3) is 0.0400. The minimum absolute atomic E-state index is 0.00643. The Kier molecular flexibility index (Phi) is 3.30. The molecule has 0 spiro atoms. The summed E-state index contributed by atoms with van der Waals surface area (Å²) in [7, 11) is 0. The van der Waals surface area contributed by atoms with Crippen LogP contribution in [0.4, 0.5) is 0 Å². The zero-order chi connectivity index (χ0) is 48.4. The second-order valence-corrected chi connectivity index (χ2v) is 12.5. The van der Waals surface area contributed by atoms with Gasteiger partial charge in [-0.3, -0.25) is 0 Å². The molecule has 0 nitrogen and oxygen atoms in total. The van der Waals surface area contributed by atoms with Crippen LogP contribution in [-0.2, 0) is 0 Å². The van der Waals surface area contributed by atoms with Gasteiger partial charge in [0.25, 0.3) is 0 Å². The van der Waals surface area contributed by atoms with E-state index in [0.29, 0.717) is 11.1 Å². The van der Waals surface area contributed by atoms with Crippen LogP contribution >= 0.6 is 0 Å². The van der Waals surface area contributed by atoms with Crippen LogP contribution in [0.3, 0.4) is 0 Å². The van der Waals surface area contributed by atoms with Crippen LogP contribution in [-0.4, -0.2) is 0 Å². The average molecular weight is 651 g/mol. The largest absolute Gasteiger partial charge is 0.0842 e. The molecule has 0 saturated carbocycles.